The lowest BCUT2D eigenvalue weighted by Gasteiger charge is -2.23. The van der Waals surface area contributed by atoms with Crippen LogP contribution >= 0.6 is 11.6 Å². The maximum absolute atomic E-state index is 5.97. The summed E-state index contributed by atoms with van der Waals surface area (Å²) in [6.07, 6.45) is 0.228. The number of nitrogens with one attached hydrogen (secondary N) is 1. The fraction of sp³-hybridized carbons (Fsp3) is 0.600. The summed E-state index contributed by atoms with van der Waals surface area (Å²) in [5.74, 6) is 0.496. The highest BCUT2D eigenvalue weighted by atomic mass is 35.5. The van der Waals surface area contributed by atoms with Crippen molar-refractivity contribution in [2.24, 2.45) is 5.92 Å². The third kappa shape index (κ3) is 5.85. The molecule has 0 heterocycles. The molecule has 102 valence electrons. The number of hydrogen-bond donors (Lipinski definition) is 1. The van der Waals surface area contributed by atoms with Crippen LogP contribution in [0.3, 0.4) is 0 Å². The molecule has 2 nitrogen and oxygen atoms in total. The fourth-order valence-corrected chi connectivity index (χ4v) is 1.88. The van der Waals surface area contributed by atoms with Crippen LogP contribution in [0.1, 0.15) is 33.3 Å². The molecule has 1 unspecified atom stereocenters. The predicted molar refractivity (Wildman–Crippen MR) is 78.0 cm³/mol. The van der Waals surface area contributed by atoms with Crippen molar-refractivity contribution in [2.45, 2.75) is 46.4 Å². The van der Waals surface area contributed by atoms with Gasteiger partial charge in [-0.2, -0.15) is 0 Å². The van der Waals surface area contributed by atoms with Crippen LogP contribution in [0.4, 0.5) is 0 Å². The SMILES string of the molecule is CC(C)NCC(OCc1cccc(Cl)c1)C(C)C. The van der Waals surface area contributed by atoms with Gasteiger partial charge in [-0.05, 0) is 23.6 Å². The first-order valence-electron chi connectivity index (χ1n) is 6.58. The minimum absolute atomic E-state index is 0.228. The molecule has 0 saturated carbocycles. The summed E-state index contributed by atoms with van der Waals surface area (Å²) in [5, 5.41) is 4.19. The Labute approximate surface area is 116 Å². The van der Waals surface area contributed by atoms with Gasteiger partial charge in [0.25, 0.3) is 0 Å². The summed E-state index contributed by atoms with van der Waals surface area (Å²) in [4.78, 5) is 0. The Bertz CT molecular complexity index is 352. The summed E-state index contributed by atoms with van der Waals surface area (Å²) in [6, 6.07) is 8.32. The van der Waals surface area contributed by atoms with Crippen LogP contribution in [0.2, 0.25) is 5.02 Å². The summed E-state index contributed by atoms with van der Waals surface area (Å²) < 4.78 is 5.97. The monoisotopic (exact) mass is 269 g/mol. The van der Waals surface area contributed by atoms with Gasteiger partial charge in [-0.15, -0.1) is 0 Å². The van der Waals surface area contributed by atoms with Crippen molar-refractivity contribution in [2.75, 3.05) is 6.54 Å². The molecule has 0 fully saturated rings. The largest absolute Gasteiger partial charge is 0.372 e. The molecule has 1 atom stereocenters. The molecule has 3 heteroatoms. The van der Waals surface area contributed by atoms with Crippen molar-refractivity contribution in [3.8, 4) is 0 Å². The van der Waals surface area contributed by atoms with Gasteiger partial charge in [-0.25, -0.2) is 0 Å². The highest BCUT2D eigenvalue weighted by Crippen LogP contribution is 2.14. The van der Waals surface area contributed by atoms with Crippen LogP contribution in [0.5, 0.6) is 0 Å². The van der Waals surface area contributed by atoms with Crippen LogP contribution in [-0.4, -0.2) is 18.7 Å². The van der Waals surface area contributed by atoms with Crippen molar-refractivity contribution in [3.63, 3.8) is 0 Å². The van der Waals surface area contributed by atoms with E-state index in [9.17, 15) is 0 Å². The molecule has 0 aliphatic rings. The second kappa shape index (κ2) is 7.78. The molecule has 0 aliphatic heterocycles. The van der Waals surface area contributed by atoms with E-state index in [-0.39, 0.29) is 6.10 Å². The van der Waals surface area contributed by atoms with Crippen molar-refractivity contribution < 1.29 is 4.74 Å². The summed E-state index contributed by atoms with van der Waals surface area (Å²) in [5.41, 5.74) is 1.12. The van der Waals surface area contributed by atoms with Crippen LogP contribution in [0.15, 0.2) is 24.3 Å². The van der Waals surface area contributed by atoms with E-state index >= 15 is 0 Å². The Morgan fingerprint density at radius 3 is 2.50 bits per heavy atom. The van der Waals surface area contributed by atoms with Crippen LogP contribution in [0.25, 0.3) is 0 Å². The average molecular weight is 270 g/mol. The van der Waals surface area contributed by atoms with E-state index in [0.717, 1.165) is 17.1 Å². The van der Waals surface area contributed by atoms with E-state index in [1.807, 2.05) is 24.3 Å². The number of benzene rings is 1. The molecule has 1 aromatic carbocycles. The lowest BCUT2D eigenvalue weighted by atomic mass is 10.1. The Morgan fingerprint density at radius 1 is 1.22 bits per heavy atom. The van der Waals surface area contributed by atoms with Crippen LogP contribution in [0, 0.1) is 5.92 Å². The van der Waals surface area contributed by atoms with E-state index in [1.54, 1.807) is 0 Å². The smallest absolute Gasteiger partial charge is 0.0726 e. The Hall–Kier alpha value is -0.570. The van der Waals surface area contributed by atoms with Crippen LogP contribution < -0.4 is 5.32 Å². The first kappa shape index (κ1) is 15.5. The van der Waals surface area contributed by atoms with E-state index in [2.05, 4.69) is 33.0 Å². The average Bonchev–Trinajstić information content (AvgIpc) is 2.28. The highest BCUT2D eigenvalue weighted by molar-refractivity contribution is 6.30. The van der Waals surface area contributed by atoms with Crippen LogP contribution in [-0.2, 0) is 11.3 Å². The lowest BCUT2D eigenvalue weighted by molar-refractivity contribution is 0.0103. The van der Waals surface area contributed by atoms with Crippen molar-refractivity contribution in [1.29, 1.82) is 0 Å². The predicted octanol–water partition coefficient (Wildman–Crippen LogP) is 3.88. The van der Waals surface area contributed by atoms with Gasteiger partial charge >= 0.3 is 0 Å². The van der Waals surface area contributed by atoms with E-state index in [1.165, 1.54) is 0 Å². The standard InChI is InChI=1S/C15H24ClNO/c1-11(2)15(9-17-12(3)4)18-10-13-6-5-7-14(16)8-13/h5-8,11-12,15,17H,9-10H2,1-4H3. The molecule has 1 aromatic rings. The third-order valence-corrected chi connectivity index (χ3v) is 3.06. The summed E-state index contributed by atoms with van der Waals surface area (Å²) >= 11 is 5.96. The van der Waals surface area contributed by atoms with E-state index < -0.39 is 0 Å². The molecule has 0 aromatic heterocycles. The molecule has 0 aliphatic carbocycles. The Balaban J connectivity index is 2.46. The van der Waals surface area contributed by atoms with E-state index in [4.69, 9.17) is 16.3 Å². The maximum Gasteiger partial charge on any atom is 0.0726 e. The van der Waals surface area contributed by atoms with Gasteiger partial charge < -0.3 is 10.1 Å². The van der Waals surface area contributed by atoms with E-state index in [0.29, 0.717) is 18.6 Å². The number of halogens is 1. The molecular formula is C15H24ClNO. The topological polar surface area (TPSA) is 21.3 Å². The Kier molecular flexibility index (Phi) is 6.69. The normalized spacial score (nSPS) is 13.3. The lowest BCUT2D eigenvalue weighted by Crippen LogP contribution is -2.36. The maximum atomic E-state index is 5.97. The zero-order valence-electron chi connectivity index (χ0n) is 11.7. The molecule has 0 radical (unpaired) electrons. The van der Waals surface area contributed by atoms with Gasteiger partial charge in [0.2, 0.25) is 0 Å². The van der Waals surface area contributed by atoms with Gasteiger partial charge in [-0.1, -0.05) is 51.4 Å². The molecule has 18 heavy (non-hydrogen) atoms. The van der Waals surface area contributed by atoms with Gasteiger partial charge in [0.1, 0.15) is 0 Å². The molecular weight excluding hydrogens is 246 g/mol. The number of hydrogen-bond acceptors (Lipinski definition) is 2. The first-order chi connectivity index (χ1) is 8.49. The minimum atomic E-state index is 0.228. The molecule has 0 bridgehead atoms. The zero-order valence-corrected chi connectivity index (χ0v) is 12.5. The van der Waals surface area contributed by atoms with Gasteiger partial charge in [0.05, 0.1) is 12.7 Å². The van der Waals surface area contributed by atoms with Crippen molar-refractivity contribution in [1.82, 2.24) is 5.32 Å². The molecule has 1 N–H and O–H groups in total. The van der Waals surface area contributed by atoms with Crippen molar-refractivity contribution in [3.05, 3.63) is 34.9 Å². The summed E-state index contributed by atoms with van der Waals surface area (Å²) in [6.45, 7) is 10.2. The summed E-state index contributed by atoms with van der Waals surface area (Å²) in [7, 11) is 0. The Morgan fingerprint density at radius 2 is 1.94 bits per heavy atom. The van der Waals surface area contributed by atoms with Crippen molar-refractivity contribution >= 4 is 11.6 Å². The quantitative estimate of drug-likeness (QED) is 0.811. The minimum Gasteiger partial charge on any atom is -0.372 e. The molecule has 0 amide bonds. The zero-order chi connectivity index (χ0) is 13.5. The second-order valence-corrected chi connectivity index (χ2v) is 5.72. The van der Waals surface area contributed by atoms with Gasteiger partial charge in [-0.3, -0.25) is 0 Å². The first-order valence-corrected chi connectivity index (χ1v) is 6.96. The number of ether oxygens (including phenoxy) is 1. The molecule has 0 spiro atoms. The highest BCUT2D eigenvalue weighted by Gasteiger charge is 2.14. The fourth-order valence-electron chi connectivity index (χ4n) is 1.67. The molecule has 0 saturated heterocycles. The second-order valence-electron chi connectivity index (χ2n) is 5.29. The van der Waals surface area contributed by atoms with Gasteiger partial charge in [0, 0.05) is 17.6 Å². The number of rotatable bonds is 7. The van der Waals surface area contributed by atoms with Gasteiger partial charge in [0.15, 0.2) is 0 Å². The third-order valence-electron chi connectivity index (χ3n) is 2.82. The molecule has 1 rings (SSSR count).